The van der Waals surface area contributed by atoms with Crippen LogP contribution >= 0.6 is 0 Å². The van der Waals surface area contributed by atoms with Crippen LogP contribution in [-0.4, -0.2) is 9.55 Å². The molecule has 3 heteroatoms. The largest absolute Gasteiger partial charge is 0.355 e. The van der Waals surface area contributed by atoms with Crippen LogP contribution in [0.2, 0.25) is 0 Å². The van der Waals surface area contributed by atoms with E-state index in [1.807, 2.05) is 24.3 Å². The molecule has 4 aromatic carbocycles. The van der Waals surface area contributed by atoms with Gasteiger partial charge in [-0.2, -0.15) is 5.26 Å². The van der Waals surface area contributed by atoms with Crippen molar-refractivity contribution in [1.82, 2.24) is 9.55 Å². The topological polar surface area (TPSA) is 44.5 Å². The summed E-state index contributed by atoms with van der Waals surface area (Å²) in [6.07, 6.45) is 0. The average molecular weight is 357 g/mol. The minimum atomic E-state index is 0.683. The van der Waals surface area contributed by atoms with Gasteiger partial charge in [-0.1, -0.05) is 36.4 Å². The first-order valence-corrected chi connectivity index (χ1v) is 9.28. The van der Waals surface area contributed by atoms with E-state index in [4.69, 9.17) is 0 Å². The van der Waals surface area contributed by atoms with Gasteiger partial charge in [0.1, 0.15) is 0 Å². The lowest BCUT2D eigenvalue weighted by Gasteiger charge is -2.08. The highest BCUT2D eigenvalue weighted by Gasteiger charge is 2.13. The summed E-state index contributed by atoms with van der Waals surface area (Å²) in [5.74, 6) is 0. The molecule has 2 aromatic heterocycles. The summed E-state index contributed by atoms with van der Waals surface area (Å²) in [6, 6.07) is 31.5. The molecule has 0 saturated carbocycles. The number of aromatic nitrogens is 2. The average Bonchev–Trinajstić information content (AvgIpc) is 3.28. The van der Waals surface area contributed by atoms with Gasteiger partial charge >= 0.3 is 0 Å². The van der Waals surface area contributed by atoms with E-state index >= 15 is 0 Å². The lowest BCUT2D eigenvalue weighted by Crippen LogP contribution is -1.93. The molecule has 2 heterocycles. The molecular formula is C25H15N3. The van der Waals surface area contributed by atoms with Gasteiger partial charge in [-0.25, -0.2) is 0 Å². The zero-order valence-electron chi connectivity index (χ0n) is 15.0. The maximum Gasteiger partial charge on any atom is 0.0991 e. The molecule has 0 aliphatic heterocycles. The van der Waals surface area contributed by atoms with Gasteiger partial charge in [0.15, 0.2) is 0 Å². The highest BCUT2D eigenvalue weighted by Crippen LogP contribution is 2.34. The molecule has 130 valence electrons. The fourth-order valence-corrected chi connectivity index (χ4v) is 4.30. The third kappa shape index (κ3) is 1.97. The molecule has 0 aliphatic rings. The molecule has 0 unspecified atom stereocenters. The molecule has 0 amide bonds. The fraction of sp³-hybridized carbons (Fsp3) is 0. The van der Waals surface area contributed by atoms with Crippen molar-refractivity contribution in [2.75, 3.05) is 0 Å². The lowest BCUT2D eigenvalue weighted by atomic mass is 10.1. The van der Waals surface area contributed by atoms with Gasteiger partial charge < -0.3 is 9.55 Å². The van der Waals surface area contributed by atoms with Crippen molar-refractivity contribution in [3.8, 4) is 11.8 Å². The number of H-pyrrole nitrogens is 1. The van der Waals surface area contributed by atoms with Crippen molar-refractivity contribution < 1.29 is 0 Å². The Hall–Kier alpha value is -4.03. The van der Waals surface area contributed by atoms with Gasteiger partial charge in [-0.3, -0.25) is 0 Å². The Bertz CT molecular complexity index is 1570. The Morgan fingerprint density at radius 1 is 0.643 bits per heavy atom. The summed E-state index contributed by atoms with van der Waals surface area (Å²) >= 11 is 0. The van der Waals surface area contributed by atoms with Crippen molar-refractivity contribution in [3.63, 3.8) is 0 Å². The number of nitriles is 1. The molecule has 0 saturated heterocycles. The first kappa shape index (κ1) is 15.1. The number of aromatic amines is 1. The van der Waals surface area contributed by atoms with Crippen molar-refractivity contribution in [2.45, 2.75) is 0 Å². The van der Waals surface area contributed by atoms with E-state index < -0.39 is 0 Å². The van der Waals surface area contributed by atoms with E-state index in [9.17, 15) is 5.26 Å². The van der Waals surface area contributed by atoms with Crippen LogP contribution in [0.5, 0.6) is 0 Å². The Balaban J connectivity index is 1.74. The fourth-order valence-electron chi connectivity index (χ4n) is 4.30. The first-order chi connectivity index (χ1) is 13.8. The van der Waals surface area contributed by atoms with Crippen LogP contribution in [0.15, 0.2) is 84.9 Å². The van der Waals surface area contributed by atoms with E-state index in [0.717, 1.165) is 38.5 Å². The summed E-state index contributed by atoms with van der Waals surface area (Å²) in [4.78, 5) is 3.49. The summed E-state index contributed by atoms with van der Waals surface area (Å²) < 4.78 is 2.28. The lowest BCUT2D eigenvalue weighted by molar-refractivity contribution is 1.19. The van der Waals surface area contributed by atoms with Crippen molar-refractivity contribution in [2.24, 2.45) is 0 Å². The number of nitrogens with one attached hydrogen (secondary N) is 1. The molecule has 1 N–H and O–H groups in total. The van der Waals surface area contributed by atoms with Crippen LogP contribution in [0.25, 0.3) is 49.3 Å². The predicted octanol–water partition coefficient (Wildman–Crippen LogP) is 6.29. The summed E-state index contributed by atoms with van der Waals surface area (Å²) in [7, 11) is 0. The number of para-hydroxylation sites is 2. The number of hydrogen-bond acceptors (Lipinski definition) is 1. The molecule has 28 heavy (non-hydrogen) atoms. The molecule has 3 nitrogen and oxygen atoms in total. The van der Waals surface area contributed by atoms with Crippen molar-refractivity contribution in [1.29, 1.82) is 5.26 Å². The summed E-state index contributed by atoms with van der Waals surface area (Å²) in [5.41, 5.74) is 6.34. The maximum atomic E-state index is 9.33. The molecule has 0 atom stereocenters. The summed E-state index contributed by atoms with van der Waals surface area (Å²) in [6.45, 7) is 0. The highest BCUT2D eigenvalue weighted by atomic mass is 15.0. The highest BCUT2D eigenvalue weighted by molar-refractivity contribution is 6.11. The number of benzene rings is 4. The standard InChI is InChI=1S/C25H15N3/c26-15-16-9-12-25-21(13-16)19-6-2-4-8-24(19)28(25)17-10-11-23-20(14-17)18-5-1-3-7-22(18)27-23/h1-14,27H. The van der Waals surface area contributed by atoms with Gasteiger partial charge in [-0.15, -0.1) is 0 Å². The van der Waals surface area contributed by atoms with Gasteiger partial charge in [0.05, 0.1) is 22.7 Å². The Morgan fingerprint density at radius 2 is 1.39 bits per heavy atom. The molecule has 0 bridgehead atoms. The van der Waals surface area contributed by atoms with Crippen LogP contribution in [0.4, 0.5) is 0 Å². The van der Waals surface area contributed by atoms with Crippen molar-refractivity contribution >= 4 is 43.6 Å². The van der Waals surface area contributed by atoms with Crippen LogP contribution in [0.1, 0.15) is 5.56 Å². The second-order valence-electron chi connectivity index (χ2n) is 7.10. The van der Waals surface area contributed by atoms with E-state index in [1.54, 1.807) is 0 Å². The summed E-state index contributed by atoms with van der Waals surface area (Å²) in [5, 5.41) is 14.0. The molecule has 6 rings (SSSR count). The van der Waals surface area contributed by atoms with E-state index in [1.165, 1.54) is 10.8 Å². The normalized spacial score (nSPS) is 11.5. The molecule has 0 spiro atoms. The van der Waals surface area contributed by atoms with Crippen LogP contribution in [-0.2, 0) is 0 Å². The van der Waals surface area contributed by atoms with Crippen molar-refractivity contribution in [3.05, 3.63) is 90.5 Å². The Labute approximate surface area is 161 Å². The minimum absolute atomic E-state index is 0.683. The Morgan fingerprint density at radius 3 is 2.29 bits per heavy atom. The molecule has 0 radical (unpaired) electrons. The van der Waals surface area contributed by atoms with E-state index in [0.29, 0.717) is 5.56 Å². The second-order valence-corrected chi connectivity index (χ2v) is 7.10. The van der Waals surface area contributed by atoms with Gasteiger partial charge in [0.25, 0.3) is 0 Å². The molecule has 6 aromatic rings. The van der Waals surface area contributed by atoms with E-state index in [2.05, 4.69) is 76.3 Å². The third-order valence-electron chi connectivity index (χ3n) is 5.55. The number of hydrogen-bond donors (Lipinski definition) is 1. The molecule has 0 fully saturated rings. The zero-order valence-corrected chi connectivity index (χ0v) is 15.0. The number of fused-ring (bicyclic) bond motifs is 6. The van der Waals surface area contributed by atoms with E-state index in [-0.39, 0.29) is 0 Å². The SMILES string of the molecule is N#Cc1ccc2c(c1)c1ccccc1n2-c1ccc2[nH]c3ccccc3c2c1. The second kappa shape index (κ2) is 5.48. The van der Waals surface area contributed by atoms with Gasteiger partial charge in [0.2, 0.25) is 0 Å². The first-order valence-electron chi connectivity index (χ1n) is 9.28. The van der Waals surface area contributed by atoms with Crippen LogP contribution in [0, 0.1) is 11.3 Å². The number of rotatable bonds is 1. The maximum absolute atomic E-state index is 9.33. The molecular weight excluding hydrogens is 342 g/mol. The van der Waals surface area contributed by atoms with Gasteiger partial charge in [-0.05, 0) is 48.5 Å². The zero-order chi connectivity index (χ0) is 18.7. The predicted molar refractivity (Wildman–Crippen MR) is 115 cm³/mol. The minimum Gasteiger partial charge on any atom is -0.355 e. The van der Waals surface area contributed by atoms with Gasteiger partial charge in [0, 0.05) is 38.3 Å². The smallest absolute Gasteiger partial charge is 0.0991 e. The van der Waals surface area contributed by atoms with Crippen LogP contribution in [0.3, 0.4) is 0 Å². The van der Waals surface area contributed by atoms with Crippen LogP contribution < -0.4 is 0 Å². The monoisotopic (exact) mass is 357 g/mol. The third-order valence-corrected chi connectivity index (χ3v) is 5.55. The quantitative estimate of drug-likeness (QED) is 0.369. The molecule has 0 aliphatic carbocycles. The Kier molecular flexibility index (Phi) is 2.95. The number of nitrogens with zero attached hydrogens (tertiary/aromatic N) is 2.